The van der Waals surface area contributed by atoms with Gasteiger partial charge in [0.2, 0.25) is 5.89 Å². The molecule has 0 unspecified atom stereocenters. The Morgan fingerprint density at radius 1 is 1.19 bits per heavy atom. The molecule has 3 aromatic heterocycles. The molecule has 0 saturated heterocycles. The number of esters is 1. The number of nitrogens with zero attached hydrogens (tertiary/aromatic N) is 2. The molecule has 26 heavy (non-hydrogen) atoms. The van der Waals surface area contributed by atoms with Crippen molar-refractivity contribution in [3.05, 3.63) is 65.4 Å². The van der Waals surface area contributed by atoms with Crippen LogP contribution in [0.4, 0.5) is 0 Å². The number of aryl methyl sites for hydroxylation is 2. The van der Waals surface area contributed by atoms with E-state index in [-0.39, 0.29) is 0 Å². The fourth-order valence-corrected chi connectivity index (χ4v) is 2.97. The zero-order valence-corrected chi connectivity index (χ0v) is 14.8. The standard InChI is InChI=1S/C20H18N2O4/c1-12-4-6-14(7-5-12)19-21-15(13(2)26-19)11-22-16-8-9-25-18(16)10-17(22)20(23)24-3/h4-10H,11H2,1-3H3. The van der Waals surface area contributed by atoms with Crippen molar-refractivity contribution in [2.24, 2.45) is 0 Å². The molecule has 4 aromatic rings. The maximum absolute atomic E-state index is 12.1. The largest absolute Gasteiger partial charge is 0.464 e. The van der Waals surface area contributed by atoms with Crippen LogP contribution in [0.1, 0.15) is 27.5 Å². The first-order valence-corrected chi connectivity index (χ1v) is 8.25. The third-order valence-corrected chi connectivity index (χ3v) is 4.42. The summed E-state index contributed by atoms with van der Waals surface area (Å²) in [5.41, 5.74) is 4.70. The van der Waals surface area contributed by atoms with E-state index in [1.165, 1.54) is 12.7 Å². The Labute approximate surface area is 150 Å². The van der Waals surface area contributed by atoms with E-state index in [1.807, 2.05) is 48.7 Å². The zero-order valence-electron chi connectivity index (χ0n) is 14.8. The van der Waals surface area contributed by atoms with E-state index in [1.54, 1.807) is 12.3 Å². The van der Waals surface area contributed by atoms with Crippen LogP contribution >= 0.6 is 0 Å². The van der Waals surface area contributed by atoms with Gasteiger partial charge in [-0.3, -0.25) is 0 Å². The Kier molecular flexibility index (Phi) is 3.88. The van der Waals surface area contributed by atoms with Gasteiger partial charge in [-0.05, 0) is 26.0 Å². The van der Waals surface area contributed by atoms with Crippen LogP contribution < -0.4 is 0 Å². The quantitative estimate of drug-likeness (QED) is 0.512. The third-order valence-electron chi connectivity index (χ3n) is 4.42. The third kappa shape index (κ3) is 2.69. The zero-order chi connectivity index (χ0) is 18.3. The average molecular weight is 350 g/mol. The highest BCUT2D eigenvalue weighted by molar-refractivity contribution is 5.94. The molecular weight excluding hydrogens is 332 g/mol. The Balaban J connectivity index is 1.74. The van der Waals surface area contributed by atoms with Crippen LogP contribution in [0, 0.1) is 13.8 Å². The Bertz CT molecular complexity index is 1080. The molecule has 0 saturated carbocycles. The lowest BCUT2D eigenvalue weighted by Crippen LogP contribution is -2.12. The van der Waals surface area contributed by atoms with Crippen molar-refractivity contribution in [2.45, 2.75) is 20.4 Å². The predicted octanol–water partition coefficient (Wildman–Crippen LogP) is 4.34. The van der Waals surface area contributed by atoms with Crippen LogP contribution in [0.15, 0.2) is 51.5 Å². The number of benzene rings is 1. The molecule has 1 aromatic carbocycles. The van der Waals surface area contributed by atoms with Crippen molar-refractivity contribution < 1.29 is 18.4 Å². The summed E-state index contributed by atoms with van der Waals surface area (Å²) in [5.74, 6) is 0.853. The fraction of sp³-hybridized carbons (Fsp3) is 0.200. The number of methoxy groups -OCH3 is 1. The van der Waals surface area contributed by atoms with Crippen LogP contribution in [0.25, 0.3) is 22.6 Å². The monoisotopic (exact) mass is 350 g/mol. The van der Waals surface area contributed by atoms with Crippen molar-refractivity contribution in [3.8, 4) is 11.5 Å². The lowest BCUT2D eigenvalue weighted by molar-refractivity contribution is 0.0589. The first-order valence-electron chi connectivity index (χ1n) is 8.25. The van der Waals surface area contributed by atoms with Crippen molar-refractivity contribution in [1.82, 2.24) is 9.55 Å². The highest BCUT2D eigenvalue weighted by atomic mass is 16.5. The summed E-state index contributed by atoms with van der Waals surface area (Å²) in [7, 11) is 1.36. The summed E-state index contributed by atoms with van der Waals surface area (Å²) in [6, 6.07) is 11.5. The molecule has 0 bridgehead atoms. The molecule has 0 N–H and O–H groups in total. The summed E-state index contributed by atoms with van der Waals surface area (Å²) < 4.78 is 18.0. The van der Waals surface area contributed by atoms with Crippen molar-refractivity contribution in [3.63, 3.8) is 0 Å². The van der Waals surface area contributed by atoms with Gasteiger partial charge in [-0.25, -0.2) is 9.78 Å². The SMILES string of the molecule is COC(=O)c1cc2occc2n1Cc1nc(-c2ccc(C)cc2)oc1C. The minimum Gasteiger partial charge on any atom is -0.464 e. The van der Waals surface area contributed by atoms with Gasteiger partial charge in [0.05, 0.1) is 25.4 Å². The first kappa shape index (κ1) is 16.2. The van der Waals surface area contributed by atoms with E-state index in [9.17, 15) is 4.79 Å². The second-order valence-electron chi connectivity index (χ2n) is 6.17. The van der Waals surface area contributed by atoms with Crippen LogP contribution in [0.3, 0.4) is 0 Å². The topological polar surface area (TPSA) is 70.4 Å². The lowest BCUT2D eigenvalue weighted by Gasteiger charge is -2.07. The molecule has 0 aliphatic carbocycles. The molecule has 6 heteroatoms. The van der Waals surface area contributed by atoms with Gasteiger partial charge in [0.1, 0.15) is 17.1 Å². The number of aromatic nitrogens is 2. The van der Waals surface area contributed by atoms with Gasteiger partial charge in [-0.1, -0.05) is 17.7 Å². The molecule has 0 aliphatic rings. The molecule has 4 rings (SSSR count). The van der Waals surface area contributed by atoms with E-state index in [2.05, 4.69) is 4.98 Å². The summed E-state index contributed by atoms with van der Waals surface area (Å²) in [4.78, 5) is 16.7. The van der Waals surface area contributed by atoms with Crippen molar-refractivity contribution in [2.75, 3.05) is 7.11 Å². The second kappa shape index (κ2) is 6.22. The number of rotatable bonds is 4. The molecule has 0 fully saturated rings. The summed E-state index contributed by atoms with van der Waals surface area (Å²) >= 11 is 0. The van der Waals surface area contributed by atoms with E-state index in [0.717, 1.165) is 16.8 Å². The van der Waals surface area contributed by atoms with Crippen molar-refractivity contribution in [1.29, 1.82) is 0 Å². The molecule has 0 amide bonds. The summed E-state index contributed by atoms with van der Waals surface area (Å²) in [5, 5.41) is 0. The molecular formula is C20H18N2O4. The number of hydrogen-bond donors (Lipinski definition) is 0. The second-order valence-corrected chi connectivity index (χ2v) is 6.17. The highest BCUT2D eigenvalue weighted by Crippen LogP contribution is 2.26. The van der Waals surface area contributed by atoms with Gasteiger partial charge in [-0.2, -0.15) is 0 Å². The predicted molar refractivity (Wildman–Crippen MR) is 96.1 cm³/mol. The van der Waals surface area contributed by atoms with Crippen LogP contribution in [0.5, 0.6) is 0 Å². The molecule has 6 nitrogen and oxygen atoms in total. The first-order chi connectivity index (χ1) is 12.6. The number of carbonyl (C=O) groups is 1. The molecule has 3 heterocycles. The lowest BCUT2D eigenvalue weighted by atomic mass is 10.1. The molecule has 132 valence electrons. The van der Waals surface area contributed by atoms with Crippen LogP contribution in [0.2, 0.25) is 0 Å². The maximum atomic E-state index is 12.1. The Morgan fingerprint density at radius 3 is 2.69 bits per heavy atom. The van der Waals surface area contributed by atoms with E-state index in [0.29, 0.717) is 29.5 Å². The average Bonchev–Trinajstić information content (AvgIpc) is 3.32. The van der Waals surface area contributed by atoms with Gasteiger partial charge >= 0.3 is 5.97 Å². The number of ether oxygens (including phenoxy) is 1. The molecule has 0 aliphatic heterocycles. The Morgan fingerprint density at radius 2 is 1.96 bits per heavy atom. The normalized spacial score (nSPS) is 11.2. The van der Waals surface area contributed by atoms with Crippen LogP contribution in [-0.2, 0) is 11.3 Å². The molecule has 0 radical (unpaired) electrons. The van der Waals surface area contributed by atoms with Gasteiger partial charge < -0.3 is 18.1 Å². The van der Waals surface area contributed by atoms with Gasteiger partial charge in [0, 0.05) is 17.7 Å². The van der Waals surface area contributed by atoms with Gasteiger partial charge in [-0.15, -0.1) is 0 Å². The van der Waals surface area contributed by atoms with Crippen molar-refractivity contribution >= 4 is 17.1 Å². The fourth-order valence-electron chi connectivity index (χ4n) is 2.97. The van der Waals surface area contributed by atoms with Gasteiger partial charge in [0.25, 0.3) is 0 Å². The maximum Gasteiger partial charge on any atom is 0.354 e. The van der Waals surface area contributed by atoms with Gasteiger partial charge in [0.15, 0.2) is 5.58 Å². The number of fused-ring (bicyclic) bond motifs is 1. The highest BCUT2D eigenvalue weighted by Gasteiger charge is 2.20. The molecule has 0 spiro atoms. The van der Waals surface area contributed by atoms with E-state index in [4.69, 9.17) is 13.6 Å². The summed E-state index contributed by atoms with van der Waals surface area (Å²) in [6.07, 6.45) is 1.59. The molecule has 0 atom stereocenters. The van der Waals surface area contributed by atoms with E-state index < -0.39 is 5.97 Å². The summed E-state index contributed by atoms with van der Waals surface area (Å²) in [6.45, 7) is 4.29. The Hall–Kier alpha value is -3.28. The number of hydrogen-bond acceptors (Lipinski definition) is 5. The number of furan rings is 1. The minimum absolute atomic E-state index is 0.384. The van der Waals surface area contributed by atoms with Crippen LogP contribution in [-0.4, -0.2) is 22.6 Å². The number of oxazole rings is 1. The van der Waals surface area contributed by atoms with E-state index >= 15 is 0 Å². The minimum atomic E-state index is -0.420. The smallest absolute Gasteiger partial charge is 0.354 e. The number of carbonyl (C=O) groups excluding carboxylic acids is 1.